The van der Waals surface area contributed by atoms with Crippen LogP contribution in [0.3, 0.4) is 0 Å². The molecule has 0 spiro atoms. The number of hydrogen-bond acceptors (Lipinski definition) is 4. The number of Topliss-reactive ketones (excluding diaryl/α,β-unsaturated/α-hetero) is 1. The van der Waals surface area contributed by atoms with Crippen LogP contribution in [-0.4, -0.2) is 37.4 Å². The number of anilines is 1. The van der Waals surface area contributed by atoms with Crippen molar-refractivity contribution < 1.29 is 14.3 Å². The van der Waals surface area contributed by atoms with Gasteiger partial charge in [0.05, 0.1) is 5.69 Å². The Bertz CT molecular complexity index is 809. The van der Waals surface area contributed by atoms with Crippen LogP contribution in [-0.2, 0) is 4.79 Å². The molecule has 1 heterocycles. The number of hydrogen-bond donors (Lipinski definition) is 1. The Balaban J connectivity index is 1.49. The zero-order chi connectivity index (χ0) is 18.5. The van der Waals surface area contributed by atoms with E-state index >= 15 is 0 Å². The van der Waals surface area contributed by atoms with Crippen molar-refractivity contribution in [3.8, 4) is 5.75 Å². The fourth-order valence-electron chi connectivity index (χ4n) is 3.03. The molecule has 2 aromatic rings. The van der Waals surface area contributed by atoms with E-state index in [0.29, 0.717) is 11.3 Å². The summed E-state index contributed by atoms with van der Waals surface area (Å²) in [5.41, 5.74) is 1.71. The summed E-state index contributed by atoms with van der Waals surface area (Å²) in [6, 6.07) is 15.0. The summed E-state index contributed by atoms with van der Waals surface area (Å²) in [5.74, 6) is 0.337. The van der Waals surface area contributed by atoms with Gasteiger partial charge in [0.1, 0.15) is 5.75 Å². The van der Waals surface area contributed by atoms with Crippen LogP contribution in [0.2, 0.25) is 0 Å². The predicted molar refractivity (Wildman–Crippen MR) is 105 cm³/mol. The van der Waals surface area contributed by atoms with Crippen molar-refractivity contribution in [1.82, 2.24) is 5.32 Å². The largest absolute Gasteiger partial charge is 0.484 e. The number of nitrogens with zero attached hydrogens (tertiary/aromatic N) is 1. The van der Waals surface area contributed by atoms with Crippen LogP contribution in [0.15, 0.2) is 53.0 Å². The Morgan fingerprint density at radius 3 is 2.81 bits per heavy atom. The number of benzene rings is 2. The van der Waals surface area contributed by atoms with Crippen molar-refractivity contribution in [2.45, 2.75) is 19.4 Å². The zero-order valence-electron chi connectivity index (χ0n) is 14.6. The predicted octanol–water partition coefficient (Wildman–Crippen LogP) is 3.43. The first-order chi connectivity index (χ1) is 12.5. The molecule has 1 aliphatic rings. The number of nitrogens with one attached hydrogen (secondary N) is 1. The average Bonchev–Trinajstić information content (AvgIpc) is 3.08. The van der Waals surface area contributed by atoms with Gasteiger partial charge in [-0.1, -0.05) is 24.3 Å². The molecule has 1 saturated heterocycles. The van der Waals surface area contributed by atoms with Gasteiger partial charge in [-0.2, -0.15) is 0 Å². The highest BCUT2D eigenvalue weighted by atomic mass is 79.9. The molecule has 26 heavy (non-hydrogen) atoms. The second-order valence-corrected chi connectivity index (χ2v) is 7.18. The summed E-state index contributed by atoms with van der Waals surface area (Å²) in [4.78, 5) is 25.8. The molecule has 1 N–H and O–H groups in total. The minimum Gasteiger partial charge on any atom is -0.484 e. The normalized spacial score (nSPS) is 16.4. The van der Waals surface area contributed by atoms with E-state index in [1.54, 1.807) is 24.3 Å². The molecule has 3 rings (SSSR count). The molecule has 6 heteroatoms. The van der Waals surface area contributed by atoms with E-state index in [2.05, 4.69) is 32.2 Å². The highest BCUT2D eigenvalue weighted by Crippen LogP contribution is 2.28. The third-order valence-corrected chi connectivity index (χ3v) is 5.03. The monoisotopic (exact) mass is 416 g/mol. The average molecular weight is 417 g/mol. The summed E-state index contributed by atoms with van der Waals surface area (Å²) in [6.07, 6.45) is 0.896. The number of halogens is 1. The molecule has 0 radical (unpaired) electrons. The molecule has 5 nitrogen and oxygen atoms in total. The molecule has 0 aromatic heterocycles. The van der Waals surface area contributed by atoms with E-state index in [-0.39, 0.29) is 24.3 Å². The first-order valence-electron chi connectivity index (χ1n) is 8.55. The molecule has 2 aromatic carbocycles. The van der Waals surface area contributed by atoms with Gasteiger partial charge in [0.15, 0.2) is 12.4 Å². The summed E-state index contributed by atoms with van der Waals surface area (Å²) in [5, 5.41) is 3.02. The molecule has 1 aliphatic heterocycles. The highest BCUT2D eigenvalue weighted by molar-refractivity contribution is 9.10. The van der Waals surface area contributed by atoms with Crippen molar-refractivity contribution in [3.05, 3.63) is 58.6 Å². The van der Waals surface area contributed by atoms with E-state index in [1.807, 2.05) is 18.2 Å². The van der Waals surface area contributed by atoms with Crippen LogP contribution in [0.25, 0.3) is 0 Å². The SMILES string of the molecule is CC(=O)c1cccc(OCC(=O)NC2CCN(c3ccccc3Br)C2)c1. The summed E-state index contributed by atoms with van der Waals surface area (Å²) in [7, 11) is 0. The highest BCUT2D eigenvalue weighted by Gasteiger charge is 2.25. The van der Waals surface area contributed by atoms with Gasteiger partial charge in [0.25, 0.3) is 5.91 Å². The minimum absolute atomic E-state index is 0.0296. The van der Waals surface area contributed by atoms with Crippen LogP contribution in [0.5, 0.6) is 5.75 Å². The number of amides is 1. The van der Waals surface area contributed by atoms with Crippen molar-refractivity contribution in [1.29, 1.82) is 0 Å². The van der Waals surface area contributed by atoms with Crippen LogP contribution in [0.4, 0.5) is 5.69 Å². The van der Waals surface area contributed by atoms with Gasteiger partial charge in [-0.05, 0) is 53.5 Å². The zero-order valence-corrected chi connectivity index (χ0v) is 16.2. The first kappa shape index (κ1) is 18.5. The Morgan fingerprint density at radius 2 is 2.04 bits per heavy atom. The third-order valence-electron chi connectivity index (χ3n) is 4.36. The standard InChI is InChI=1S/C20H21BrN2O3/c1-14(24)15-5-4-6-17(11-15)26-13-20(25)22-16-9-10-23(12-16)19-8-3-2-7-18(19)21/h2-8,11,16H,9-10,12-13H2,1H3,(H,22,25). The van der Waals surface area contributed by atoms with Gasteiger partial charge in [-0.15, -0.1) is 0 Å². The van der Waals surface area contributed by atoms with Crippen LogP contribution in [0.1, 0.15) is 23.7 Å². The molecule has 0 bridgehead atoms. The fourth-order valence-corrected chi connectivity index (χ4v) is 3.56. The lowest BCUT2D eigenvalue weighted by molar-refractivity contribution is -0.123. The summed E-state index contributed by atoms with van der Waals surface area (Å²) < 4.78 is 6.57. The van der Waals surface area contributed by atoms with Crippen LogP contribution >= 0.6 is 15.9 Å². The third kappa shape index (κ3) is 4.64. The first-order valence-corrected chi connectivity index (χ1v) is 9.35. The maximum absolute atomic E-state index is 12.2. The van der Waals surface area contributed by atoms with Gasteiger partial charge in [0.2, 0.25) is 0 Å². The Kier molecular flexibility index (Phi) is 5.93. The Hall–Kier alpha value is -2.34. The molecule has 1 fully saturated rings. The summed E-state index contributed by atoms with van der Waals surface area (Å²) in [6.45, 7) is 3.11. The molecule has 1 amide bonds. The van der Waals surface area contributed by atoms with Gasteiger partial charge in [0, 0.05) is 29.2 Å². The number of carbonyl (C=O) groups excluding carboxylic acids is 2. The van der Waals surface area contributed by atoms with E-state index in [9.17, 15) is 9.59 Å². The molecule has 1 unspecified atom stereocenters. The second kappa shape index (κ2) is 8.36. The quantitative estimate of drug-likeness (QED) is 0.732. The lowest BCUT2D eigenvalue weighted by Crippen LogP contribution is -2.39. The fraction of sp³-hybridized carbons (Fsp3) is 0.300. The molecular formula is C20H21BrN2O3. The lowest BCUT2D eigenvalue weighted by Gasteiger charge is -2.20. The molecule has 0 saturated carbocycles. The number of rotatable bonds is 6. The Morgan fingerprint density at radius 1 is 1.23 bits per heavy atom. The maximum atomic E-state index is 12.2. The number of carbonyl (C=O) groups is 2. The number of ether oxygens (including phenoxy) is 1. The van der Waals surface area contributed by atoms with Crippen molar-refractivity contribution in [3.63, 3.8) is 0 Å². The van der Waals surface area contributed by atoms with E-state index in [0.717, 1.165) is 29.7 Å². The molecule has 0 aliphatic carbocycles. The van der Waals surface area contributed by atoms with E-state index < -0.39 is 0 Å². The van der Waals surface area contributed by atoms with Gasteiger partial charge in [-0.3, -0.25) is 9.59 Å². The van der Waals surface area contributed by atoms with Crippen molar-refractivity contribution in [2.75, 3.05) is 24.6 Å². The van der Waals surface area contributed by atoms with Crippen LogP contribution < -0.4 is 15.0 Å². The second-order valence-electron chi connectivity index (χ2n) is 6.32. The van der Waals surface area contributed by atoms with E-state index in [1.165, 1.54) is 6.92 Å². The smallest absolute Gasteiger partial charge is 0.258 e. The summed E-state index contributed by atoms with van der Waals surface area (Å²) >= 11 is 3.57. The van der Waals surface area contributed by atoms with Crippen molar-refractivity contribution >= 4 is 33.3 Å². The number of para-hydroxylation sites is 1. The topological polar surface area (TPSA) is 58.6 Å². The van der Waals surface area contributed by atoms with Gasteiger partial charge < -0.3 is 15.0 Å². The Labute approximate surface area is 161 Å². The van der Waals surface area contributed by atoms with Crippen LogP contribution in [0, 0.1) is 0 Å². The molecule has 136 valence electrons. The lowest BCUT2D eigenvalue weighted by atomic mass is 10.1. The van der Waals surface area contributed by atoms with Gasteiger partial charge >= 0.3 is 0 Å². The minimum atomic E-state index is -0.155. The van der Waals surface area contributed by atoms with E-state index in [4.69, 9.17) is 4.74 Å². The molecule has 1 atom stereocenters. The van der Waals surface area contributed by atoms with Gasteiger partial charge in [-0.25, -0.2) is 0 Å². The number of ketones is 1. The maximum Gasteiger partial charge on any atom is 0.258 e. The molecular weight excluding hydrogens is 396 g/mol. The van der Waals surface area contributed by atoms with Crippen molar-refractivity contribution in [2.24, 2.45) is 0 Å².